The van der Waals surface area contributed by atoms with Gasteiger partial charge in [-0.25, -0.2) is 9.97 Å². The van der Waals surface area contributed by atoms with E-state index in [1.54, 1.807) is 12.5 Å². The molecule has 0 fully saturated rings. The number of aldehydes is 1. The quantitative estimate of drug-likeness (QED) is 0.671. The molecular formula is C15H13N3O. The van der Waals surface area contributed by atoms with Gasteiger partial charge in [0, 0.05) is 25.2 Å². The third kappa shape index (κ3) is 2.01. The van der Waals surface area contributed by atoms with Crippen LogP contribution < -0.4 is 0 Å². The highest BCUT2D eigenvalue weighted by Crippen LogP contribution is 2.22. The van der Waals surface area contributed by atoms with Crippen molar-refractivity contribution in [2.24, 2.45) is 7.05 Å². The standard InChI is InChI=1S/C15H13N3O/c1-18-8-12(9-19)14-13(16-10-17-15(14)18)7-11-5-3-2-4-6-11/h2-6,8-10H,7H2,1H3. The molecule has 19 heavy (non-hydrogen) atoms. The summed E-state index contributed by atoms with van der Waals surface area (Å²) in [7, 11) is 1.88. The molecule has 0 saturated heterocycles. The maximum absolute atomic E-state index is 11.2. The molecule has 94 valence electrons. The lowest BCUT2D eigenvalue weighted by atomic mass is 10.1. The zero-order valence-electron chi connectivity index (χ0n) is 10.6. The Balaban J connectivity index is 2.16. The van der Waals surface area contributed by atoms with E-state index in [4.69, 9.17) is 0 Å². The van der Waals surface area contributed by atoms with E-state index in [2.05, 4.69) is 22.1 Å². The summed E-state index contributed by atoms with van der Waals surface area (Å²) in [6.07, 6.45) is 4.90. The molecule has 0 saturated carbocycles. The van der Waals surface area contributed by atoms with Crippen molar-refractivity contribution in [1.82, 2.24) is 14.5 Å². The first-order valence-electron chi connectivity index (χ1n) is 6.07. The van der Waals surface area contributed by atoms with Gasteiger partial charge in [-0.05, 0) is 5.56 Å². The van der Waals surface area contributed by atoms with Crippen LogP contribution in [0.4, 0.5) is 0 Å². The van der Waals surface area contributed by atoms with Crippen LogP contribution in [-0.4, -0.2) is 20.8 Å². The molecule has 0 aliphatic heterocycles. The van der Waals surface area contributed by atoms with Crippen molar-refractivity contribution in [1.29, 1.82) is 0 Å². The number of benzene rings is 1. The molecule has 1 aromatic carbocycles. The Labute approximate surface area is 110 Å². The van der Waals surface area contributed by atoms with Crippen LogP contribution in [0, 0.1) is 0 Å². The Hall–Kier alpha value is -2.49. The van der Waals surface area contributed by atoms with E-state index in [1.165, 1.54) is 5.56 Å². The predicted octanol–water partition coefficient (Wildman–Crippen LogP) is 2.37. The summed E-state index contributed by atoms with van der Waals surface area (Å²) in [5.74, 6) is 0. The lowest BCUT2D eigenvalue weighted by Gasteiger charge is -2.03. The van der Waals surface area contributed by atoms with Crippen LogP contribution in [0.25, 0.3) is 11.0 Å². The van der Waals surface area contributed by atoms with E-state index >= 15 is 0 Å². The Morgan fingerprint density at radius 2 is 2.00 bits per heavy atom. The first-order chi connectivity index (χ1) is 9.29. The normalized spacial score (nSPS) is 10.8. The van der Waals surface area contributed by atoms with Crippen molar-refractivity contribution in [3.8, 4) is 0 Å². The van der Waals surface area contributed by atoms with Gasteiger partial charge in [0.25, 0.3) is 0 Å². The van der Waals surface area contributed by atoms with E-state index < -0.39 is 0 Å². The average Bonchev–Trinajstić information content (AvgIpc) is 2.78. The first-order valence-corrected chi connectivity index (χ1v) is 6.07. The van der Waals surface area contributed by atoms with E-state index in [-0.39, 0.29) is 0 Å². The van der Waals surface area contributed by atoms with Crippen LogP contribution in [0.3, 0.4) is 0 Å². The number of carbonyl (C=O) groups is 1. The molecule has 0 amide bonds. The van der Waals surface area contributed by atoms with Crippen molar-refractivity contribution in [3.05, 3.63) is 59.7 Å². The molecule has 3 rings (SSSR count). The summed E-state index contributed by atoms with van der Waals surface area (Å²) < 4.78 is 1.86. The highest BCUT2D eigenvalue weighted by Gasteiger charge is 2.12. The van der Waals surface area contributed by atoms with Crippen molar-refractivity contribution in [2.75, 3.05) is 0 Å². The number of hydrogen-bond donors (Lipinski definition) is 0. The highest BCUT2D eigenvalue weighted by molar-refractivity contribution is 5.97. The first kappa shape index (κ1) is 11.6. The van der Waals surface area contributed by atoms with E-state index in [0.717, 1.165) is 23.0 Å². The highest BCUT2D eigenvalue weighted by atomic mass is 16.1. The second-order valence-electron chi connectivity index (χ2n) is 4.49. The fourth-order valence-electron chi connectivity index (χ4n) is 2.32. The van der Waals surface area contributed by atoms with Crippen LogP contribution in [0.2, 0.25) is 0 Å². The summed E-state index contributed by atoms with van der Waals surface area (Å²) in [5.41, 5.74) is 3.49. The molecule has 0 bridgehead atoms. The largest absolute Gasteiger partial charge is 0.335 e. The average molecular weight is 251 g/mol. The van der Waals surface area contributed by atoms with Gasteiger partial charge in [0.05, 0.1) is 11.1 Å². The van der Waals surface area contributed by atoms with Gasteiger partial charge in [-0.2, -0.15) is 0 Å². The van der Waals surface area contributed by atoms with E-state index in [1.807, 2.05) is 29.8 Å². The number of rotatable bonds is 3. The summed E-state index contributed by atoms with van der Waals surface area (Å²) in [6, 6.07) is 10.1. The number of nitrogens with zero attached hydrogens (tertiary/aromatic N) is 3. The molecule has 4 heteroatoms. The summed E-state index contributed by atoms with van der Waals surface area (Å²) in [6.45, 7) is 0. The topological polar surface area (TPSA) is 47.8 Å². The van der Waals surface area contributed by atoms with Crippen molar-refractivity contribution < 1.29 is 4.79 Å². The van der Waals surface area contributed by atoms with Gasteiger partial charge in [0.15, 0.2) is 6.29 Å². The lowest BCUT2D eigenvalue weighted by Crippen LogP contribution is -1.97. The molecule has 0 spiro atoms. The summed E-state index contributed by atoms with van der Waals surface area (Å²) in [5, 5.41) is 0.851. The maximum atomic E-state index is 11.2. The Kier molecular flexibility index (Phi) is 2.83. The van der Waals surface area contributed by atoms with Crippen LogP contribution >= 0.6 is 0 Å². The molecule has 0 radical (unpaired) electrons. The minimum atomic E-state index is 0.643. The second kappa shape index (κ2) is 4.65. The second-order valence-corrected chi connectivity index (χ2v) is 4.49. The number of carbonyl (C=O) groups excluding carboxylic acids is 1. The van der Waals surface area contributed by atoms with Gasteiger partial charge in [-0.3, -0.25) is 4.79 Å². The SMILES string of the molecule is Cn1cc(C=O)c2c(Cc3ccccc3)ncnc21. The van der Waals surface area contributed by atoms with E-state index in [9.17, 15) is 4.79 Å². The number of fused-ring (bicyclic) bond motifs is 1. The number of hydrogen-bond acceptors (Lipinski definition) is 3. The minimum Gasteiger partial charge on any atom is -0.335 e. The molecule has 0 N–H and O–H groups in total. The zero-order valence-corrected chi connectivity index (χ0v) is 10.6. The van der Waals surface area contributed by atoms with Gasteiger partial charge in [0.1, 0.15) is 12.0 Å². The lowest BCUT2D eigenvalue weighted by molar-refractivity contribution is 0.112. The van der Waals surface area contributed by atoms with Gasteiger partial charge < -0.3 is 4.57 Å². The number of aryl methyl sites for hydroxylation is 1. The molecule has 0 aliphatic rings. The maximum Gasteiger partial charge on any atom is 0.152 e. The molecular weight excluding hydrogens is 238 g/mol. The van der Waals surface area contributed by atoms with Crippen LogP contribution in [0.5, 0.6) is 0 Å². The van der Waals surface area contributed by atoms with Crippen molar-refractivity contribution in [3.63, 3.8) is 0 Å². The summed E-state index contributed by atoms with van der Waals surface area (Å²) in [4.78, 5) is 19.8. The third-order valence-electron chi connectivity index (χ3n) is 3.20. The predicted molar refractivity (Wildman–Crippen MR) is 73.1 cm³/mol. The third-order valence-corrected chi connectivity index (χ3v) is 3.20. The molecule has 0 aliphatic carbocycles. The molecule has 2 heterocycles. The van der Waals surface area contributed by atoms with Crippen molar-refractivity contribution in [2.45, 2.75) is 6.42 Å². The van der Waals surface area contributed by atoms with Gasteiger partial charge in [-0.15, -0.1) is 0 Å². The van der Waals surface area contributed by atoms with Crippen molar-refractivity contribution >= 4 is 17.3 Å². The van der Waals surface area contributed by atoms with Crippen LogP contribution in [0.1, 0.15) is 21.6 Å². The molecule has 0 unspecified atom stereocenters. The monoisotopic (exact) mass is 251 g/mol. The zero-order chi connectivity index (χ0) is 13.2. The van der Waals surface area contributed by atoms with Gasteiger partial charge in [-0.1, -0.05) is 30.3 Å². The fourth-order valence-corrected chi connectivity index (χ4v) is 2.32. The smallest absolute Gasteiger partial charge is 0.152 e. The fraction of sp³-hybridized carbons (Fsp3) is 0.133. The molecule has 0 atom stereocenters. The van der Waals surface area contributed by atoms with Crippen LogP contribution in [0.15, 0.2) is 42.9 Å². The Bertz CT molecular complexity index is 732. The molecule has 4 nitrogen and oxygen atoms in total. The van der Waals surface area contributed by atoms with Gasteiger partial charge in [0.2, 0.25) is 0 Å². The van der Waals surface area contributed by atoms with Gasteiger partial charge >= 0.3 is 0 Å². The Morgan fingerprint density at radius 1 is 1.21 bits per heavy atom. The number of aromatic nitrogens is 3. The summed E-state index contributed by atoms with van der Waals surface area (Å²) >= 11 is 0. The minimum absolute atomic E-state index is 0.643. The van der Waals surface area contributed by atoms with Crippen LogP contribution in [-0.2, 0) is 13.5 Å². The molecule has 3 aromatic rings. The van der Waals surface area contributed by atoms with E-state index in [0.29, 0.717) is 12.0 Å². The Morgan fingerprint density at radius 3 is 2.74 bits per heavy atom. The molecule has 2 aromatic heterocycles.